The molecular formula is C33H67NO3. The predicted molar refractivity (Wildman–Crippen MR) is 161 cm³/mol. The standard InChI is InChI=1S/C33H67NO3/c1-3-5-7-9-11-13-15-16-18-20-22-24-26-28-33(37)34(29-30-35)31-32(36)27-25-23-21-19-17-14-12-10-8-6-4-2/h32,35-36H,3-31H2,1-2H3. The number of hydrogen-bond acceptors (Lipinski definition) is 3. The SMILES string of the molecule is CCCCCCCCCCCCCCCC(=O)N(CCO)CC(O)CCCCCCCCCCCCC. The average molecular weight is 526 g/mol. The van der Waals surface area contributed by atoms with Crippen LogP contribution in [0.25, 0.3) is 0 Å². The monoisotopic (exact) mass is 526 g/mol. The zero-order valence-electron chi connectivity index (χ0n) is 25.3. The molecule has 0 saturated heterocycles. The van der Waals surface area contributed by atoms with E-state index in [4.69, 9.17) is 0 Å². The third kappa shape index (κ3) is 26.8. The second-order valence-corrected chi connectivity index (χ2v) is 11.5. The van der Waals surface area contributed by atoms with Gasteiger partial charge in [-0.15, -0.1) is 0 Å². The van der Waals surface area contributed by atoms with E-state index in [2.05, 4.69) is 13.8 Å². The maximum atomic E-state index is 12.6. The number of rotatable bonds is 30. The van der Waals surface area contributed by atoms with Crippen LogP contribution in [0.4, 0.5) is 0 Å². The minimum atomic E-state index is -0.472. The highest BCUT2D eigenvalue weighted by Gasteiger charge is 2.16. The van der Waals surface area contributed by atoms with Gasteiger partial charge in [-0.05, 0) is 12.8 Å². The normalized spacial score (nSPS) is 12.2. The molecule has 0 rings (SSSR count). The Labute approximate surface area is 232 Å². The summed E-state index contributed by atoms with van der Waals surface area (Å²) in [5.41, 5.74) is 0. The summed E-state index contributed by atoms with van der Waals surface area (Å²) in [6, 6.07) is 0. The highest BCUT2D eigenvalue weighted by Crippen LogP contribution is 2.15. The molecule has 4 heteroatoms. The van der Waals surface area contributed by atoms with Gasteiger partial charge in [0.2, 0.25) is 5.91 Å². The van der Waals surface area contributed by atoms with E-state index in [1.807, 2.05) is 0 Å². The van der Waals surface area contributed by atoms with Gasteiger partial charge in [0.25, 0.3) is 0 Å². The fourth-order valence-corrected chi connectivity index (χ4v) is 5.28. The lowest BCUT2D eigenvalue weighted by molar-refractivity contribution is -0.133. The Morgan fingerprint density at radius 1 is 0.568 bits per heavy atom. The number of aliphatic hydroxyl groups is 2. The van der Waals surface area contributed by atoms with Crippen LogP contribution in [0.5, 0.6) is 0 Å². The Hall–Kier alpha value is -0.610. The van der Waals surface area contributed by atoms with Crippen LogP contribution in [-0.4, -0.2) is 46.8 Å². The first-order valence-corrected chi connectivity index (χ1v) is 16.7. The Morgan fingerprint density at radius 3 is 1.30 bits per heavy atom. The maximum absolute atomic E-state index is 12.6. The van der Waals surface area contributed by atoms with Gasteiger partial charge in [0.15, 0.2) is 0 Å². The van der Waals surface area contributed by atoms with Crippen molar-refractivity contribution in [1.82, 2.24) is 4.90 Å². The van der Waals surface area contributed by atoms with Crippen LogP contribution in [0, 0.1) is 0 Å². The van der Waals surface area contributed by atoms with Crippen molar-refractivity contribution in [2.45, 2.75) is 187 Å². The van der Waals surface area contributed by atoms with Crippen LogP contribution in [0.1, 0.15) is 181 Å². The van der Waals surface area contributed by atoms with Crippen molar-refractivity contribution in [1.29, 1.82) is 0 Å². The molecule has 1 atom stereocenters. The molecule has 0 spiro atoms. The Bertz CT molecular complexity index is 457. The van der Waals surface area contributed by atoms with Crippen molar-refractivity contribution in [3.8, 4) is 0 Å². The quantitative estimate of drug-likeness (QED) is 0.0918. The second kappa shape index (κ2) is 29.9. The molecular weight excluding hydrogens is 458 g/mol. The van der Waals surface area contributed by atoms with E-state index in [1.54, 1.807) is 4.90 Å². The molecule has 2 N–H and O–H groups in total. The Kier molecular flexibility index (Phi) is 29.4. The molecule has 222 valence electrons. The average Bonchev–Trinajstić information content (AvgIpc) is 2.89. The van der Waals surface area contributed by atoms with Crippen LogP contribution in [0.15, 0.2) is 0 Å². The van der Waals surface area contributed by atoms with Crippen LogP contribution in [0.2, 0.25) is 0 Å². The van der Waals surface area contributed by atoms with Gasteiger partial charge >= 0.3 is 0 Å². The number of nitrogens with zero attached hydrogens (tertiary/aromatic N) is 1. The molecule has 37 heavy (non-hydrogen) atoms. The first-order valence-electron chi connectivity index (χ1n) is 16.7. The molecule has 0 aromatic rings. The number of amides is 1. The van der Waals surface area contributed by atoms with Gasteiger partial charge < -0.3 is 15.1 Å². The summed E-state index contributed by atoms with van der Waals surface area (Å²) in [5.74, 6) is 0.0927. The molecule has 0 radical (unpaired) electrons. The van der Waals surface area contributed by atoms with E-state index in [0.717, 1.165) is 25.7 Å². The van der Waals surface area contributed by atoms with Crippen molar-refractivity contribution in [2.24, 2.45) is 0 Å². The molecule has 0 aliphatic heterocycles. The molecule has 0 aromatic heterocycles. The summed E-state index contributed by atoms with van der Waals surface area (Å²) in [5, 5.41) is 19.8. The smallest absolute Gasteiger partial charge is 0.222 e. The van der Waals surface area contributed by atoms with Crippen molar-refractivity contribution in [3.63, 3.8) is 0 Å². The van der Waals surface area contributed by atoms with E-state index in [0.29, 0.717) is 19.5 Å². The molecule has 1 amide bonds. The molecule has 0 saturated carbocycles. The highest BCUT2D eigenvalue weighted by atomic mass is 16.3. The summed E-state index contributed by atoms with van der Waals surface area (Å²) in [6.07, 6.45) is 32.0. The lowest BCUT2D eigenvalue weighted by atomic mass is 10.0. The van der Waals surface area contributed by atoms with Crippen molar-refractivity contribution < 1.29 is 15.0 Å². The molecule has 1 unspecified atom stereocenters. The molecule has 0 heterocycles. The van der Waals surface area contributed by atoms with Gasteiger partial charge in [-0.2, -0.15) is 0 Å². The van der Waals surface area contributed by atoms with E-state index < -0.39 is 6.10 Å². The number of carbonyl (C=O) groups is 1. The van der Waals surface area contributed by atoms with Gasteiger partial charge in [-0.25, -0.2) is 0 Å². The van der Waals surface area contributed by atoms with E-state index in [1.165, 1.54) is 135 Å². The van der Waals surface area contributed by atoms with Crippen LogP contribution < -0.4 is 0 Å². The largest absolute Gasteiger partial charge is 0.395 e. The Morgan fingerprint density at radius 2 is 0.919 bits per heavy atom. The topological polar surface area (TPSA) is 60.8 Å². The van der Waals surface area contributed by atoms with Gasteiger partial charge in [0.1, 0.15) is 0 Å². The summed E-state index contributed by atoms with van der Waals surface area (Å²) in [6.45, 7) is 5.21. The lowest BCUT2D eigenvalue weighted by Gasteiger charge is -2.25. The van der Waals surface area contributed by atoms with Crippen molar-refractivity contribution >= 4 is 5.91 Å². The molecule has 0 fully saturated rings. The summed E-state index contributed by atoms with van der Waals surface area (Å²) >= 11 is 0. The van der Waals surface area contributed by atoms with Crippen LogP contribution >= 0.6 is 0 Å². The number of unbranched alkanes of at least 4 members (excludes halogenated alkanes) is 22. The van der Waals surface area contributed by atoms with Crippen molar-refractivity contribution in [2.75, 3.05) is 19.7 Å². The third-order valence-corrected chi connectivity index (χ3v) is 7.79. The van der Waals surface area contributed by atoms with Gasteiger partial charge in [-0.3, -0.25) is 4.79 Å². The van der Waals surface area contributed by atoms with Crippen LogP contribution in [0.3, 0.4) is 0 Å². The zero-order valence-corrected chi connectivity index (χ0v) is 25.3. The Balaban J connectivity index is 3.69. The van der Waals surface area contributed by atoms with Gasteiger partial charge in [0.05, 0.1) is 12.7 Å². The number of hydrogen-bond donors (Lipinski definition) is 2. The maximum Gasteiger partial charge on any atom is 0.222 e. The molecule has 4 nitrogen and oxygen atoms in total. The number of aliphatic hydroxyl groups excluding tert-OH is 2. The first kappa shape index (κ1) is 36.4. The zero-order chi connectivity index (χ0) is 27.2. The third-order valence-electron chi connectivity index (χ3n) is 7.79. The molecule has 0 aliphatic carbocycles. The van der Waals surface area contributed by atoms with Gasteiger partial charge in [0, 0.05) is 19.5 Å². The van der Waals surface area contributed by atoms with Crippen LogP contribution in [-0.2, 0) is 4.79 Å². The van der Waals surface area contributed by atoms with E-state index in [-0.39, 0.29) is 12.5 Å². The molecule has 0 aromatic carbocycles. The fourth-order valence-electron chi connectivity index (χ4n) is 5.28. The summed E-state index contributed by atoms with van der Waals surface area (Å²) < 4.78 is 0. The molecule has 0 aliphatic rings. The fraction of sp³-hybridized carbons (Fsp3) is 0.970. The minimum Gasteiger partial charge on any atom is -0.395 e. The first-order chi connectivity index (χ1) is 18.2. The summed E-state index contributed by atoms with van der Waals surface area (Å²) in [4.78, 5) is 14.3. The number of carbonyl (C=O) groups excluding carboxylic acids is 1. The molecule has 0 bridgehead atoms. The van der Waals surface area contributed by atoms with E-state index in [9.17, 15) is 15.0 Å². The van der Waals surface area contributed by atoms with Crippen molar-refractivity contribution in [3.05, 3.63) is 0 Å². The van der Waals surface area contributed by atoms with Gasteiger partial charge in [-0.1, -0.05) is 162 Å². The predicted octanol–water partition coefficient (Wildman–Crippen LogP) is 9.35. The summed E-state index contributed by atoms with van der Waals surface area (Å²) in [7, 11) is 0. The lowest BCUT2D eigenvalue weighted by Crippen LogP contribution is -2.39. The minimum absolute atomic E-state index is 0.0322. The highest BCUT2D eigenvalue weighted by molar-refractivity contribution is 5.76. The van der Waals surface area contributed by atoms with E-state index >= 15 is 0 Å². The second-order valence-electron chi connectivity index (χ2n) is 11.5.